The van der Waals surface area contributed by atoms with Crippen LogP contribution in [0.4, 0.5) is 4.39 Å². The third-order valence-corrected chi connectivity index (χ3v) is 5.22. The Morgan fingerprint density at radius 1 is 1.50 bits per heavy atom. The number of sulfonamides is 1. The molecule has 0 saturated carbocycles. The standard InChI is InChI=1S/C12H25FN2O2S/c1-10(2)12(13,9-14)7-11-5-4-6-15(8-11)18(3,16)17/h10-11H,4-9,14H2,1-3H3. The predicted octanol–water partition coefficient (Wildman–Crippen LogP) is 1.37. The maximum Gasteiger partial charge on any atom is 0.211 e. The van der Waals surface area contributed by atoms with Gasteiger partial charge in [-0.2, -0.15) is 0 Å². The van der Waals surface area contributed by atoms with E-state index in [1.165, 1.54) is 10.6 Å². The second kappa shape index (κ2) is 5.84. The maximum atomic E-state index is 14.6. The van der Waals surface area contributed by atoms with Crippen molar-refractivity contribution in [1.82, 2.24) is 4.31 Å². The molecule has 0 aliphatic carbocycles. The van der Waals surface area contributed by atoms with E-state index in [-0.39, 0.29) is 18.4 Å². The van der Waals surface area contributed by atoms with Gasteiger partial charge in [0.25, 0.3) is 0 Å². The van der Waals surface area contributed by atoms with Gasteiger partial charge in [0.1, 0.15) is 5.67 Å². The fourth-order valence-corrected chi connectivity index (χ4v) is 3.47. The minimum absolute atomic E-state index is 0.0000413. The fourth-order valence-electron chi connectivity index (χ4n) is 2.53. The summed E-state index contributed by atoms with van der Waals surface area (Å²) in [6.07, 6.45) is 3.25. The molecule has 1 aliphatic rings. The van der Waals surface area contributed by atoms with E-state index in [2.05, 4.69) is 0 Å². The molecule has 1 aliphatic heterocycles. The van der Waals surface area contributed by atoms with Gasteiger partial charge in [-0.15, -0.1) is 0 Å². The average Bonchev–Trinajstić information content (AvgIpc) is 2.28. The van der Waals surface area contributed by atoms with Crippen molar-refractivity contribution >= 4 is 10.0 Å². The highest BCUT2D eigenvalue weighted by Crippen LogP contribution is 2.33. The first-order chi connectivity index (χ1) is 8.19. The van der Waals surface area contributed by atoms with E-state index in [9.17, 15) is 12.8 Å². The Morgan fingerprint density at radius 3 is 2.56 bits per heavy atom. The van der Waals surface area contributed by atoms with Gasteiger partial charge in [-0.1, -0.05) is 13.8 Å². The largest absolute Gasteiger partial charge is 0.328 e. The lowest BCUT2D eigenvalue weighted by atomic mass is 9.81. The molecular weight excluding hydrogens is 255 g/mol. The monoisotopic (exact) mass is 280 g/mol. The number of rotatable bonds is 5. The van der Waals surface area contributed by atoms with Crippen LogP contribution >= 0.6 is 0 Å². The molecule has 0 radical (unpaired) electrons. The topological polar surface area (TPSA) is 63.4 Å². The van der Waals surface area contributed by atoms with Crippen LogP contribution in [0.2, 0.25) is 0 Å². The van der Waals surface area contributed by atoms with E-state index < -0.39 is 15.7 Å². The van der Waals surface area contributed by atoms with E-state index in [0.29, 0.717) is 19.5 Å². The normalized spacial score (nSPS) is 26.2. The summed E-state index contributed by atoms with van der Waals surface area (Å²) in [5, 5.41) is 0. The van der Waals surface area contributed by atoms with E-state index in [1.807, 2.05) is 13.8 Å². The van der Waals surface area contributed by atoms with E-state index in [0.717, 1.165) is 12.8 Å². The van der Waals surface area contributed by atoms with Gasteiger partial charge in [-0.05, 0) is 31.1 Å². The molecule has 1 fully saturated rings. The Hall–Kier alpha value is -0.200. The number of hydrogen-bond acceptors (Lipinski definition) is 3. The van der Waals surface area contributed by atoms with Crippen LogP contribution in [0.15, 0.2) is 0 Å². The van der Waals surface area contributed by atoms with Gasteiger partial charge in [0.15, 0.2) is 0 Å². The van der Waals surface area contributed by atoms with Gasteiger partial charge in [0.05, 0.1) is 6.26 Å². The van der Waals surface area contributed by atoms with Crippen molar-refractivity contribution in [3.63, 3.8) is 0 Å². The number of alkyl halides is 1. The molecule has 108 valence electrons. The number of piperidine rings is 1. The smallest absolute Gasteiger partial charge is 0.211 e. The Morgan fingerprint density at radius 2 is 2.11 bits per heavy atom. The van der Waals surface area contributed by atoms with Crippen LogP contribution in [0.25, 0.3) is 0 Å². The van der Waals surface area contributed by atoms with Crippen molar-refractivity contribution in [3.8, 4) is 0 Å². The average molecular weight is 280 g/mol. The molecule has 2 atom stereocenters. The Kier molecular flexibility index (Phi) is 5.14. The van der Waals surface area contributed by atoms with Crippen molar-refractivity contribution in [1.29, 1.82) is 0 Å². The zero-order valence-corrected chi connectivity index (χ0v) is 12.3. The van der Waals surface area contributed by atoms with Crippen LogP contribution in [0.3, 0.4) is 0 Å². The summed E-state index contributed by atoms with van der Waals surface area (Å²) in [6.45, 7) is 4.63. The number of hydrogen-bond donors (Lipinski definition) is 1. The highest BCUT2D eigenvalue weighted by Gasteiger charge is 2.37. The predicted molar refractivity (Wildman–Crippen MR) is 71.5 cm³/mol. The van der Waals surface area contributed by atoms with Gasteiger partial charge < -0.3 is 5.73 Å². The molecule has 18 heavy (non-hydrogen) atoms. The molecule has 0 amide bonds. The minimum atomic E-state index is -3.16. The van der Waals surface area contributed by atoms with Crippen LogP contribution in [0.5, 0.6) is 0 Å². The molecule has 1 saturated heterocycles. The highest BCUT2D eigenvalue weighted by molar-refractivity contribution is 7.88. The Balaban J connectivity index is 2.68. The van der Waals surface area contributed by atoms with Crippen LogP contribution in [-0.2, 0) is 10.0 Å². The quantitative estimate of drug-likeness (QED) is 0.827. The van der Waals surface area contributed by atoms with Crippen LogP contribution < -0.4 is 5.73 Å². The molecule has 0 aromatic rings. The number of halogens is 1. The summed E-state index contributed by atoms with van der Waals surface area (Å²) in [4.78, 5) is 0. The van der Waals surface area contributed by atoms with Crippen molar-refractivity contribution in [3.05, 3.63) is 0 Å². The van der Waals surface area contributed by atoms with Gasteiger partial charge in [0, 0.05) is 19.6 Å². The summed E-state index contributed by atoms with van der Waals surface area (Å²) in [5.74, 6) is -0.0689. The van der Waals surface area contributed by atoms with Crippen LogP contribution in [0.1, 0.15) is 33.1 Å². The van der Waals surface area contributed by atoms with E-state index >= 15 is 0 Å². The van der Waals surface area contributed by atoms with Gasteiger partial charge in [-0.3, -0.25) is 0 Å². The minimum Gasteiger partial charge on any atom is -0.328 e. The summed E-state index contributed by atoms with van der Waals surface area (Å²) in [5.41, 5.74) is 4.15. The molecule has 2 unspecified atom stereocenters. The van der Waals surface area contributed by atoms with Crippen molar-refractivity contribution in [2.45, 2.75) is 38.8 Å². The third-order valence-electron chi connectivity index (χ3n) is 3.95. The first-order valence-corrected chi connectivity index (χ1v) is 8.38. The lowest BCUT2D eigenvalue weighted by Gasteiger charge is -2.36. The molecule has 0 bridgehead atoms. The van der Waals surface area contributed by atoms with Gasteiger partial charge >= 0.3 is 0 Å². The number of nitrogens with two attached hydrogens (primary N) is 1. The first kappa shape index (κ1) is 15.9. The molecule has 6 heteroatoms. The molecule has 0 spiro atoms. The third kappa shape index (κ3) is 3.90. The molecule has 1 heterocycles. The second-order valence-corrected chi connectivity index (χ2v) is 7.71. The van der Waals surface area contributed by atoms with E-state index in [1.54, 1.807) is 0 Å². The van der Waals surface area contributed by atoms with Crippen molar-refractivity contribution in [2.24, 2.45) is 17.6 Å². The second-order valence-electron chi connectivity index (χ2n) is 5.73. The summed E-state index contributed by atoms with van der Waals surface area (Å²) in [7, 11) is -3.16. The number of nitrogens with zero attached hydrogens (tertiary/aromatic N) is 1. The molecule has 2 N–H and O–H groups in total. The SMILES string of the molecule is CC(C)C(F)(CN)CC1CCCN(S(C)(=O)=O)C1. The van der Waals surface area contributed by atoms with Crippen LogP contribution in [-0.4, -0.2) is 44.3 Å². The maximum absolute atomic E-state index is 14.6. The fraction of sp³-hybridized carbons (Fsp3) is 1.00. The lowest BCUT2D eigenvalue weighted by molar-refractivity contribution is 0.0638. The first-order valence-electron chi connectivity index (χ1n) is 6.53. The molecule has 0 aromatic heterocycles. The van der Waals surface area contributed by atoms with Gasteiger partial charge in [0.2, 0.25) is 10.0 Å². The van der Waals surface area contributed by atoms with Crippen molar-refractivity contribution in [2.75, 3.05) is 25.9 Å². The van der Waals surface area contributed by atoms with Crippen LogP contribution in [0, 0.1) is 11.8 Å². The Labute approximate surface area is 110 Å². The summed E-state index contributed by atoms with van der Waals surface area (Å²) in [6, 6.07) is 0. The Bertz CT molecular complexity index is 372. The molecule has 4 nitrogen and oxygen atoms in total. The summed E-state index contributed by atoms with van der Waals surface area (Å²) >= 11 is 0. The van der Waals surface area contributed by atoms with Crippen molar-refractivity contribution < 1.29 is 12.8 Å². The summed E-state index contributed by atoms with van der Waals surface area (Å²) < 4.78 is 39.0. The van der Waals surface area contributed by atoms with Gasteiger partial charge in [-0.25, -0.2) is 17.1 Å². The zero-order chi connectivity index (χ0) is 14.0. The molecule has 0 aromatic carbocycles. The highest BCUT2D eigenvalue weighted by atomic mass is 32.2. The zero-order valence-electron chi connectivity index (χ0n) is 11.5. The molecular formula is C12H25FN2O2S. The van der Waals surface area contributed by atoms with E-state index in [4.69, 9.17) is 5.73 Å². The molecule has 1 rings (SSSR count). The lowest BCUT2D eigenvalue weighted by Crippen LogP contribution is -2.45.